The first kappa shape index (κ1) is 27.9. The lowest BCUT2D eigenvalue weighted by atomic mass is 10.1. The Bertz CT molecular complexity index is 3120. The SMILES string of the molecule is c1ccc(-c2nc3nc(-c4ccc(-n5c6ccccc6c6c7c8ccccc8n(-c8ccccc8)c7ccc65)cc4)nn3c3ccccc23)cc1. The van der Waals surface area contributed by atoms with Gasteiger partial charge in [0.15, 0.2) is 5.82 Å². The van der Waals surface area contributed by atoms with Gasteiger partial charge in [0, 0.05) is 49.4 Å². The molecule has 0 fully saturated rings. The molecule has 0 atom stereocenters. The Morgan fingerprint density at radius 2 is 0.863 bits per heavy atom. The largest absolute Gasteiger partial charge is 0.309 e. The maximum Gasteiger partial charge on any atom is 0.253 e. The highest BCUT2D eigenvalue weighted by Crippen LogP contribution is 2.42. The molecule has 0 amide bonds. The quantitative estimate of drug-likeness (QED) is 0.190. The van der Waals surface area contributed by atoms with Gasteiger partial charge < -0.3 is 9.13 Å². The van der Waals surface area contributed by atoms with Gasteiger partial charge in [-0.3, -0.25) is 0 Å². The van der Waals surface area contributed by atoms with Crippen LogP contribution in [0.5, 0.6) is 0 Å². The van der Waals surface area contributed by atoms with E-state index in [2.05, 4.69) is 149 Å². The molecule has 0 bridgehead atoms. The molecule has 0 aliphatic rings. The Hall–Kier alpha value is -7.05. The van der Waals surface area contributed by atoms with Crippen LogP contribution >= 0.6 is 0 Å². The van der Waals surface area contributed by atoms with E-state index in [1.165, 1.54) is 43.6 Å². The van der Waals surface area contributed by atoms with Crippen LogP contribution in [0.1, 0.15) is 0 Å². The zero-order valence-electron chi connectivity index (χ0n) is 27.3. The third-order valence-corrected chi connectivity index (χ3v) is 10.1. The van der Waals surface area contributed by atoms with Gasteiger partial charge >= 0.3 is 0 Å². The average Bonchev–Trinajstić information content (AvgIpc) is 3.89. The predicted molar refractivity (Wildman–Crippen MR) is 208 cm³/mol. The zero-order chi connectivity index (χ0) is 33.5. The summed E-state index contributed by atoms with van der Waals surface area (Å²) in [5.74, 6) is 1.22. The van der Waals surface area contributed by atoms with Gasteiger partial charge in [0.05, 0.1) is 33.3 Å². The monoisotopic (exact) mass is 652 g/mol. The summed E-state index contributed by atoms with van der Waals surface area (Å²) in [6.07, 6.45) is 0. The first-order valence-electron chi connectivity index (χ1n) is 17.1. The van der Waals surface area contributed by atoms with Crippen molar-refractivity contribution in [2.75, 3.05) is 0 Å². The van der Waals surface area contributed by atoms with E-state index in [1.807, 2.05) is 34.8 Å². The van der Waals surface area contributed by atoms with Gasteiger partial charge in [-0.1, -0.05) is 103 Å². The lowest BCUT2D eigenvalue weighted by Crippen LogP contribution is -1.97. The molecule has 6 heteroatoms. The lowest BCUT2D eigenvalue weighted by Gasteiger charge is -2.09. The van der Waals surface area contributed by atoms with Gasteiger partial charge in [-0.15, -0.1) is 5.10 Å². The molecular formula is C45H28N6. The van der Waals surface area contributed by atoms with Crippen molar-refractivity contribution < 1.29 is 0 Å². The van der Waals surface area contributed by atoms with Gasteiger partial charge in [-0.2, -0.15) is 9.50 Å². The van der Waals surface area contributed by atoms with Crippen LogP contribution in [0.3, 0.4) is 0 Å². The van der Waals surface area contributed by atoms with Crippen LogP contribution < -0.4 is 0 Å². The molecule has 0 N–H and O–H groups in total. The first-order chi connectivity index (χ1) is 25.3. The third-order valence-electron chi connectivity index (χ3n) is 10.1. The van der Waals surface area contributed by atoms with Crippen molar-refractivity contribution in [2.24, 2.45) is 0 Å². The van der Waals surface area contributed by atoms with E-state index in [0.717, 1.165) is 39.1 Å². The molecule has 0 saturated carbocycles. The molecular weight excluding hydrogens is 625 g/mol. The highest BCUT2D eigenvalue weighted by atomic mass is 15.3. The van der Waals surface area contributed by atoms with E-state index in [-0.39, 0.29) is 0 Å². The second-order valence-electron chi connectivity index (χ2n) is 12.9. The number of para-hydroxylation sites is 4. The molecule has 4 aromatic heterocycles. The highest BCUT2D eigenvalue weighted by molar-refractivity contribution is 6.28. The van der Waals surface area contributed by atoms with Crippen LogP contribution in [0.15, 0.2) is 170 Å². The van der Waals surface area contributed by atoms with Crippen molar-refractivity contribution in [3.05, 3.63) is 170 Å². The normalized spacial score (nSPS) is 11.9. The molecule has 0 unspecified atom stereocenters. The van der Waals surface area contributed by atoms with Gasteiger partial charge in [0.25, 0.3) is 5.78 Å². The molecule has 6 nitrogen and oxygen atoms in total. The fourth-order valence-electron chi connectivity index (χ4n) is 7.91. The van der Waals surface area contributed by atoms with Crippen molar-refractivity contribution in [3.8, 4) is 34.0 Å². The Kier molecular flexibility index (Phi) is 5.86. The molecule has 11 aromatic rings. The predicted octanol–water partition coefficient (Wildman–Crippen LogP) is 10.8. The van der Waals surface area contributed by atoms with E-state index in [9.17, 15) is 0 Å². The molecule has 0 saturated heterocycles. The van der Waals surface area contributed by atoms with Gasteiger partial charge in [-0.25, -0.2) is 4.98 Å². The van der Waals surface area contributed by atoms with Crippen molar-refractivity contribution >= 4 is 60.3 Å². The smallest absolute Gasteiger partial charge is 0.253 e. The summed E-state index contributed by atoms with van der Waals surface area (Å²) in [6.45, 7) is 0. The van der Waals surface area contributed by atoms with Crippen LogP contribution in [-0.2, 0) is 0 Å². The minimum absolute atomic E-state index is 0.577. The first-order valence-corrected chi connectivity index (χ1v) is 17.1. The van der Waals surface area contributed by atoms with Crippen molar-refractivity contribution in [1.29, 1.82) is 0 Å². The fourth-order valence-corrected chi connectivity index (χ4v) is 7.91. The fraction of sp³-hybridized carbons (Fsp3) is 0. The minimum Gasteiger partial charge on any atom is -0.309 e. The third kappa shape index (κ3) is 4.07. The second kappa shape index (κ2) is 10.7. The minimum atomic E-state index is 0.577. The molecule has 11 rings (SSSR count). The number of benzene rings is 7. The Balaban J connectivity index is 1.09. The van der Waals surface area contributed by atoms with E-state index in [4.69, 9.17) is 15.1 Å². The number of hydrogen-bond donors (Lipinski definition) is 0. The Morgan fingerprint density at radius 3 is 1.49 bits per heavy atom. The summed E-state index contributed by atoms with van der Waals surface area (Å²) in [7, 11) is 0. The van der Waals surface area contributed by atoms with E-state index in [0.29, 0.717) is 11.6 Å². The summed E-state index contributed by atoms with van der Waals surface area (Å²) in [4.78, 5) is 9.93. The van der Waals surface area contributed by atoms with Gasteiger partial charge in [0.1, 0.15) is 0 Å². The van der Waals surface area contributed by atoms with E-state index >= 15 is 0 Å². The van der Waals surface area contributed by atoms with Gasteiger partial charge in [-0.05, 0) is 66.7 Å². The van der Waals surface area contributed by atoms with Crippen LogP contribution in [0, 0.1) is 0 Å². The molecule has 0 aliphatic carbocycles. The van der Waals surface area contributed by atoms with Crippen molar-refractivity contribution in [1.82, 2.24) is 28.7 Å². The summed E-state index contributed by atoms with van der Waals surface area (Å²) < 4.78 is 6.61. The van der Waals surface area contributed by atoms with Crippen LogP contribution in [0.2, 0.25) is 0 Å². The summed E-state index contributed by atoms with van der Waals surface area (Å²) in [5, 5.41) is 11.0. The second-order valence-corrected chi connectivity index (χ2v) is 12.9. The number of aromatic nitrogens is 6. The summed E-state index contributed by atoms with van der Waals surface area (Å²) >= 11 is 0. The molecule has 0 spiro atoms. The van der Waals surface area contributed by atoms with Crippen LogP contribution in [-0.4, -0.2) is 28.7 Å². The summed E-state index contributed by atoms with van der Waals surface area (Å²) in [6, 6.07) is 59.7. The van der Waals surface area contributed by atoms with Crippen molar-refractivity contribution in [3.63, 3.8) is 0 Å². The number of rotatable bonds is 4. The van der Waals surface area contributed by atoms with Crippen molar-refractivity contribution in [2.45, 2.75) is 0 Å². The number of nitrogens with zero attached hydrogens (tertiary/aromatic N) is 6. The molecule has 51 heavy (non-hydrogen) atoms. The zero-order valence-corrected chi connectivity index (χ0v) is 27.3. The van der Waals surface area contributed by atoms with Crippen LogP contribution in [0.25, 0.3) is 94.3 Å². The molecule has 4 heterocycles. The number of hydrogen-bond acceptors (Lipinski definition) is 3. The van der Waals surface area contributed by atoms with Crippen LogP contribution in [0.4, 0.5) is 0 Å². The molecule has 0 radical (unpaired) electrons. The highest BCUT2D eigenvalue weighted by Gasteiger charge is 2.21. The standard InChI is InChI=1S/C45H28N6/c1-3-13-29(14-4-1)43-35-19-9-12-22-38(35)51-45(46-43)47-44(48-51)30-23-25-32(26-24-30)50-37-21-11-8-18-34(37)42-40(50)28-27-39-41(42)33-17-7-10-20-36(33)49(39)31-15-5-2-6-16-31/h1-28H. The van der Waals surface area contributed by atoms with E-state index < -0.39 is 0 Å². The maximum atomic E-state index is 5.00. The lowest BCUT2D eigenvalue weighted by molar-refractivity contribution is 0.988. The average molecular weight is 653 g/mol. The Morgan fingerprint density at radius 1 is 0.353 bits per heavy atom. The topological polar surface area (TPSA) is 52.9 Å². The van der Waals surface area contributed by atoms with Gasteiger partial charge in [0.2, 0.25) is 0 Å². The molecule has 7 aromatic carbocycles. The maximum absolute atomic E-state index is 5.00. The number of fused-ring (bicyclic) bond motifs is 10. The van der Waals surface area contributed by atoms with E-state index in [1.54, 1.807) is 0 Å². The molecule has 238 valence electrons. The summed E-state index contributed by atoms with van der Waals surface area (Å²) in [5.41, 5.74) is 10.8. The molecule has 0 aliphatic heterocycles. The Labute approximate surface area is 292 Å².